The molecule has 0 bridgehead atoms. The minimum Gasteiger partial charge on any atom is -0.444 e. The Labute approximate surface area is 152 Å². The van der Waals surface area contributed by atoms with Crippen LogP contribution >= 0.6 is 0 Å². The van der Waals surface area contributed by atoms with E-state index >= 15 is 0 Å². The fraction of sp³-hybridized carbons (Fsp3) is 0.474. The van der Waals surface area contributed by atoms with Gasteiger partial charge in [0.1, 0.15) is 17.7 Å². The number of carbonyl (C=O) groups excluding carboxylic acids is 2. The molecule has 0 aromatic heterocycles. The van der Waals surface area contributed by atoms with Crippen molar-refractivity contribution in [2.75, 3.05) is 0 Å². The normalized spacial score (nSPS) is 21.9. The molecule has 0 saturated carbocycles. The van der Waals surface area contributed by atoms with E-state index in [9.17, 15) is 14.9 Å². The number of ether oxygens (including phenoxy) is 1. The van der Waals surface area contributed by atoms with Crippen LogP contribution in [-0.4, -0.2) is 45.8 Å². The summed E-state index contributed by atoms with van der Waals surface area (Å²) in [5.74, 6) is -0.356. The Morgan fingerprint density at radius 2 is 1.96 bits per heavy atom. The van der Waals surface area contributed by atoms with Crippen LogP contribution in [0.5, 0.6) is 0 Å². The molecule has 0 N–H and O–H groups in total. The van der Waals surface area contributed by atoms with Gasteiger partial charge in [-0.3, -0.25) is 9.69 Å². The van der Waals surface area contributed by atoms with Crippen molar-refractivity contribution in [3.63, 3.8) is 0 Å². The molecule has 26 heavy (non-hydrogen) atoms. The first-order chi connectivity index (χ1) is 12.3. The molecule has 0 saturated heterocycles. The highest BCUT2D eigenvalue weighted by Crippen LogP contribution is 2.27. The SMILES string of the molecule is CC(C)(C)OC(=O)N1Cc2ccccc2CC1C(=O)N1N=CCC1C#N. The number of amides is 2. The summed E-state index contributed by atoms with van der Waals surface area (Å²) >= 11 is 0. The zero-order chi connectivity index (χ0) is 18.9. The Hall–Kier alpha value is -2.88. The predicted octanol–water partition coefficient (Wildman–Crippen LogP) is 2.46. The third-order valence-corrected chi connectivity index (χ3v) is 4.37. The lowest BCUT2D eigenvalue weighted by Crippen LogP contribution is -2.54. The van der Waals surface area contributed by atoms with Crippen molar-refractivity contribution >= 4 is 18.2 Å². The van der Waals surface area contributed by atoms with Crippen LogP contribution < -0.4 is 0 Å². The summed E-state index contributed by atoms with van der Waals surface area (Å²) in [4.78, 5) is 27.2. The van der Waals surface area contributed by atoms with E-state index in [4.69, 9.17) is 4.74 Å². The van der Waals surface area contributed by atoms with Gasteiger partial charge in [-0.05, 0) is 31.9 Å². The van der Waals surface area contributed by atoms with Crippen molar-refractivity contribution in [2.24, 2.45) is 5.10 Å². The van der Waals surface area contributed by atoms with Crippen molar-refractivity contribution in [1.29, 1.82) is 5.26 Å². The molecule has 3 rings (SSSR count). The Bertz CT molecular complexity index is 791. The van der Waals surface area contributed by atoms with Gasteiger partial charge >= 0.3 is 6.09 Å². The van der Waals surface area contributed by atoms with Gasteiger partial charge in [0.2, 0.25) is 0 Å². The summed E-state index contributed by atoms with van der Waals surface area (Å²) in [6, 6.07) is 8.43. The monoisotopic (exact) mass is 354 g/mol. The fourth-order valence-electron chi connectivity index (χ4n) is 3.14. The minimum absolute atomic E-state index is 0.288. The maximum atomic E-state index is 13.1. The number of hydrazone groups is 1. The molecule has 1 aromatic rings. The molecule has 2 atom stereocenters. The summed E-state index contributed by atoms with van der Waals surface area (Å²) in [6.07, 6.45) is 1.79. The van der Waals surface area contributed by atoms with Crippen molar-refractivity contribution < 1.29 is 14.3 Å². The van der Waals surface area contributed by atoms with Gasteiger partial charge in [0, 0.05) is 19.1 Å². The third kappa shape index (κ3) is 3.54. The number of nitriles is 1. The van der Waals surface area contributed by atoms with Crippen molar-refractivity contribution in [3.8, 4) is 6.07 Å². The van der Waals surface area contributed by atoms with E-state index in [2.05, 4.69) is 11.2 Å². The van der Waals surface area contributed by atoms with Crippen LogP contribution in [0.15, 0.2) is 29.4 Å². The largest absolute Gasteiger partial charge is 0.444 e. The van der Waals surface area contributed by atoms with Gasteiger partial charge in [-0.25, -0.2) is 9.80 Å². The molecule has 0 radical (unpaired) electrons. The topological polar surface area (TPSA) is 86.0 Å². The Morgan fingerprint density at radius 1 is 1.27 bits per heavy atom. The quantitative estimate of drug-likeness (QED) is 0.775. The first-order valence-electron chi connectivity index (χ1n) is 8.61. The predicted molar refractivity (Wildman–Crippen MR) is 95.1 cm³/mol. The molecule has 1 aromatic carbocycles. The number of benzene rings is 1. The lowest BCUT2D eigenvalue weighted by molar-refractivity contribution is -0.138. The number of hydrogen-bond acceptors (Lipinski definition) is 5. The smallest absolute Gasteiger partial charge is 0.411 e. The zero-order valence-electron chi connectivity index (χ0n) is 15.2. The minimum atomic E-state index is -0.745. The maximum absolute atomic E-state index is 13.1. The van der Waals surface area contributed by atoms with Crippen LogP contribution in [0.4, 0.5) is 4.79 Å². The molecule has 7 heteroatoms. The van der Waals surface area contributed by atoms with Gasteiger partial charge in [0.05, 0.1) is 12.6 Å². The zero-order valence-corrected chi connectivity index (χ0v) is 15.2. The molecular formula is C19H22N4O3. The van der Waals surface area contributed by atoms with Crippen LogP contribution in [0.1, 0.15) is 38.3 Å². The fourth-order valence-corrected chi connectivity index (χ4v) is 3.14. The lowest BCUT2D eigenvalue weighted by Gasteiger charge is -2.38. The van der Waals surface area contributed by atoms with Gasteiger partial charge in [-0.1, -0.05) is 24.3 Å². The first-order valence-corrected chi connectivity index (χ1v) is 8.61. The number of fused-ring (bicyclic) bond motifs is 1. The summed E-state index contributed by atoms with van der Waals surface area (Å²) < 4.78 is 5.50. The number of carbonyl (C=O) groups is 2. The van der Waals surface area contributed by atoms with Gasteiger partial charge in [0.15, 0.2) is 0 Å². The molecule has 7 nitrogen and oxygen atoms in total. The lowest BCUT2D eigenvalue weighted by atomic mass is 9.93. The average molecular weight is 354 g/mol. The maximum Gasteiger partial charge on any atom is 0.411 e. The third-order valence-electron chi connectivity index (χ3n) is 4.37. The van der Waals surface area contributed by atoms with E-state index in [1.54, 1.807) is 27.0 Å². The summed E-state index contributed by atoms with van der Waals surface area (Å²) in [5.41, 5.74) is 1.34. The Balaban J connectivity index is 1.91. The van der Waals surface area contributed by atoms with Crippen molar-refractivity contribution in [2.45, 2.75) is 57.8 Å². The standard InChI is InChI=1S/C19H22N4O3/c1-19(2,3)26-18(25)22-12-14-7-5-4-6-13(14)10-16(22)17(24)23-15(11-20)8-9-21-23/h4-7,9,15-16H,8,10,12H2,1-3H3. The molecule has 0 spiro atoms. The number of rotatable bonds is 1. The molecule has 2 aliphatic heterocycles. The molecular weight excluding hydrogens is 332 g/mol. The van der Waals surface area contributed by atoms with Gasteiger partial charge < -0.3 is 4.74 Å². The van der Waals surface area contributed by atoms with Crippen LogP contribution in [-0.2, 0) is 22.5 Å². The Kier molecular flexibility index (Phi) is 4.68. The van der Waals surface area contributed by atoms with E-state index in [1.165, 1.54) is 9.91 Å². The average Bonchev–Trinajstić information content (AvgIpc) is 3.07. The molecule has 2 unspecified atom stereocenters. The highest BCUT2D eigenvalue weighted by atomic mass is 16.6. The van der Waals surface area contributed by atoms with Crippen molar-refractivity contribution in [3.05, 3.63) is 35.4 Å². The van der Waals surface area contributed by atoms with Crippen molar-refractivity contribution in [1.82, 2.24) is 9.91 Å². The van der Waals surface area contributed by atoms with Crippen LogP contribution in [0, 0.1) is 11.3 Å². The molecule has 2 heterocycles. The summed E-state index contributed by atoms with van der Waals surface area (Å²) in [7, 11) is 0. The molecule has 0 aliphatic carbocycles. The highest BCUT2D eigenvalue weighted by molar-refractivity contribution is 5.88. The van der Waals surface area contributed by atoms with E-state index in [1.807, 2.05) is 24.3 Å². The van der Waals surface area contributed by atoms with Gasteiger partial charge in [-0.2, -0.15) is 10.4 Å². The second kappa shape index (κ2) is 6.79. The van der Waals surface area contributed by atoms with E-state index in [-0.39, 0.29) is 12.5 Å². The van der Waals surface area contributed by atoms with Gasteiger partial charge in [-0.15, -0.1) is 0 Å². The number of nitrogens with zero attached hydrogens (tertiary/aromatic N) is 4. The number of hydrogen-bond donors (Lipinski definition) is 0. The Morgan fingerprint density at radius 3 is 2.62 bits per heavy atom. The van der Waals surface area contributed by atoms with Crippen LogP contribution in [0.25, 0.3) is 0 Å². The molecule has 2 amide bonds. The van der Waals surface area contributed by atoms with Crippen LogP contribution in [0.3, 0.4) is 0 Å². The van der Waals surface area contributed by atoms with E-state index < -0.39 is 23.8 Å². The molecule has 2 aliphatic rings. The van der Waals surface area contributed by atoms with Crippen LogP contribution in [0.2, 0.25) is 0 Å². The highest BCUT2D eigenvalue weighted by Gasteiger charge is 2.41. The second-order valence-corrected chi connectivity index (χ2v) is 7.46. The van der Waals surface area contributed by atoms with E-state index in [0.717, 1.165) is 11.1 Å². The second-order valence-electron chi connectivity index (χ2n) is 7.46. The summed E-state index contributed by atoms with van der Waals surface area (Å²) in [6.45, 7) is 5.65. The summed E-state index contributed by atoms with van der Waals surface area (Å²) in [5, 5.41) is 14.5. The molecule has 136 valence electrons. The first kappa shape index (κ1) is 17.9. The molecule has 0 fully saturated rings. The van der Waals surface area contributed by atoms with E-state index in [0.29, 0.717) is 12.8 Å². The van der Waals surface area contributed by atoms with Gasteiger partial charge in [0.25, 0.3) is 5.91 Å².